The second kappa shape index (κ2) is 6.12. The van der Waals surface area contributed by atoms with E-state index >= 15 is 0 Å². The summed E-state index contributed by atoms with van der Waals surface area (Å²) in [6.45, 7) is 2.90. The minimum Gasteiger partial charge on any atom is -0.305 e. The predicted molar refractivity (Wildman–Crippen MR) is 60.6 cm³/mol. The zero-order valence-electron chi connectivity index (χ0n) is 8.15. The summed E-state index contributed by atoms with van der Waals surface area (Å²) in [6, 6.07) is 0. The summed E-state index contributed by atoms with van der Waals surface area (Å²) in [6.07, 6.45) is 0.882. The molecular weight excluding hydrogens is 247 g/mol. The normalized spacial score (nSPS) is 21.3. The Labute approximate surface area is 96.7 Å². The van der Waals surface area contributed by atoms with E-state index in [4.69, 9.17) is 11.6 Å². The zero-order valence-corrected chi connectivity index (χ0v) is 10.5. The maximum absolute atomic E-state index is 11.4. The first-order chi connectivity index (χ1) is 6.06. The number of hydrogen-bond donors (Lipinski definition) is 0. The quantitative estimate of drug-likeness (QED) is 0.684. The van der Waals surface area contributed by atoms with E-state index in [9.17, 15) is 8.42 Å². The summed E-state index contributed by atoms with van der Waals surface area (Å²) in [5, 5.41) is -0.309. The summed E-state index contributed by atoms with van der Waals surface area (Å²) in [5.41, 5.74) is 0. The molecule has 0 amide bonds. The maximum Gasteiger partial charge on any atom is 0.228 e. The van der Waals surface area contributed by atoms with Gasteiger partial charge in [-0.25, -0.2) is 8.42 Å². The molecule has 0 radical (unpaired) electrons. The molecular formula is C7H16Cl2N2O2S. The fourth-order valence-corrected chi connectivity index (χ4v) is 2.69. The molecule has 1 aliphatic heterocycles. The van der Waals surface area contributed by atoms with Gasteiger partial charge in [-0.3, -0.25) is 0 Å². The summed E-state index contributed by atoms with van der Waals surface area (Å²) in [7, 11) is -1.20. The van der Waals surface area contributed by atoms with E-state index in [0.717, 1.165) is 19.5 Å². The first-order valence-corrected chi connectivity index (χ1v) is 6.43. The Morgan fingerprint density at radius 1 is 1.21 bits per heavy atom. The highest BCUT2D eigenvalue weighted by Gasteiger charge is 2.22. The van der Waals surface area contributed by atoms with Crippen molar-refractivity contribution in [1.29, 1.82) is 0 Å². The lowest BCUT2D eigenvalue weighted by Crippen LogP contribution is -2.35. The van der Waals surface area contributed by atoms with Crippen molar-refractivity contribution in [3.63, 3.8) is 0 Å². The van der Waals surface area contributed by atoms with Crippen LogP contribution in [0.4, 0.5) is 0 Å². The smallest absolute Gasteiger partial charge is 0.228 e. The summed E-state index contributed by atoms with van der Waals surface area (Å²) in [5.74, 6) is 0. The highest BCUT2D eigenvalue weighted by molar-refractivity contribution is 7.90. The molecule has 0 aromatic carbocycles. The van der Waals surface area contributed by atoms with Crippen molar-refractivity contribution in [3.8, 4) is 0 Å². The second-order valence-corrected chi connectivity index (χ2v) is 5.83. The number of sulfonamides is 1. The highest BCUT2D eigenvalue weighted by atomic mass is 35.5. The molecule has 0 aromatic heterocycles. The Bertz CT molecular complexity index is 258. The lowest BCUT2D eigenvalue weighted by atomic mass is 10.4. The molecule has 14 heavy (non-hydrogen) atoms. The number of hydrogen-bond acceptors (Lipinski definition) is 3. The molecule has 86 valence electrons. The average Bonchev–Trinajstić information content (AvgIpc) is 2.30. The molecule has 1 aliphatic rings. The van der Waals surface area contributed by atoms with Crippen LogP contribution in [0.3, 0.4) is 0 Å². The lowest BCUT2D eigenvalue weighted by Gasteiger charge is -2.18. The summed E-state index contributed by atoms with van der Waals surface area (Å²) in [4.78, 5) is 2.13. The van der Waals surface area contributed by atoms with Gasteiger partial charge in [-0.15, -0.1) is 24.0 Å². The first-order valence-electron chi connectivity index (χ1n) is 4.28. The second-order valence-electron chi connectivity index (χ2n) is 3.28. The molecule has 0 aliphatic carbocycles. The Kier molecular flexibility index (Phi) is 6.32. The van der Waals surface area contributed by atoms with Crippen molar-refractivity contribution < 1.29 is 8.42 Å². The molecule has 1 fully saturated rings. The molecule has 0 saturated carbocycles. The standard InChI is InChI=1S/C7H15ClN2O2S.ClH/c1-9-3-2-4-10(6-5-9)13(11,12)7-8;/h2-7H2,1H3;1H. The van der Waals surface area contributed by atoms with Crippen molar-refractivity contribution in [2.45, 2.75) is 6.42 Å². The Morgan fingerprint density at radius 2 is 1.86 bits per heavy atom. The fourth-order valence-electron chi connectivity index (χ4n) is 1.37. The molecule has 1 rings (SSSR count). The molecule has 1 heterocycles. The van der Waals surface area contributed by atoms with Crippen LogP contribution in [-0.4, -0.2) is 56.1 Å². The minimum absolute atomic E-state index is 0. The number of nitrogens with zero attached hydrogens (tertiary/aromatic N) is 2. The van der Waals surface area contributed by atoms with E-state index in [1.165, 1.54) is 4.31 Å². The van der Waals surface area contributed by atoms with Gasteiger partial charge >= 0.3 is 0 Å². The van der Waals surface area contributed by atoms with Crippen LogP contribution in [0.25, 0.3) is 0 Å². The SMILES string of the molecule is CN1CCCN(S(=O)(=O)CCl)CC1.Cl. The van der Waals surface area contributed by atoms with Crippen molar-refractivity contribution in [1.82, 2.24) is 9.21 Å². The topological polar surface area (TPSA) is 40.6 Å². The van der Waals surface area contributed by atoms with Crippen molar-refractivity contribution in [2.75, 3.05) is 38.4 Å². The highest BCUT2D eigenvalue weighted by Crippen LogP contribution is 2.08. The Balaban J connectivity index is 0.00000169. The van der Waals surface area contributed by atoms with Gasteiger partial charge in [-0.1, -0.05) is 0 Å². The molecule has 7 heteroatoms. The number of rotatable bonds is 2. The largest absolute Gasteiger partial charge is 0.305 e. The first kappa shape index (κ1) is 14.5. The van der Waals surface area contributed by atoms with Gasteiger partial charge in [0.25, 0.3) is 0 Å². The summed E-state index contributed by atoms with van der Waals surface area (Å²) >= 11 is 5.37. The monoisotopic (exact) mass is 262 g/mol. The van der Waals surface area contributed by atoms with E-state index in [1.54, 1.807) is 0 Å². The van der Waals surface area contributed by atoms with Gasteiger partial charge in [-0.2, -0.15) is 4.31 Å². The van der Waals surface area contributed by atoms with Crippen molar-refractivity contribution >= 4 is 34.0 Å². The molecule has 4 nitrogen and oxygen atoms in total. The van der Waals surface area contributed by atoms with Crippen LogP contribution in [-0.2, 0) is 10.0 Å². The fraction of sp³-hybridized carbons (Fsp3) is 1.00. The van der Waals surface area contributed by atoms with E-state index < -0.39 is 10.0 Å². The average molecular weight is 263 g/mol. The van der Waals surface area contributed by atoms with E-state index in [-0.39, 0.29) is 17.6 Å². The molecule has 0 bridgehead atoms. The molecule has 0 spiro atoms. The molecule has 0 N–H and O–H groups in total. The molecule has 0 aromatic rings. The molecule has 0 unspecified atom stereocenters. The third-order valence-corrected chi connectivity index (χ3v) is 4.46. The van der Waals surface area contributed by atoms with Crippen LogP contribution >= 0.6 is 24.0 Å². The molecule has 1 saturated heterocycles. The van der Waals surface area contributed by atoms with E-state index in [0.29, 0.717) is 13.1 Å². The van der Waals surface area contributed by atoms with Crippen molar-refractivity contribution in [3.05, 3.63) is 0 Å². The third-order valence-electron chi connectivity index (χ3n) is 2.21. The number of halogens is 2. The van der Waals surface area contributed by atoms with Gasteiger partial charge in [0.15, 0.2) is 0 Å². The van der Waals surface area contributed by atoms with Gasteiger partial charge < -0.3 is 4.90 Å². The van der Waals surface area contributed by atoms with Crippen LogP contribution in [0.15, 0.2) is 0 Å². The van der Waals surface area contributed by atoms with Crippen LogP contribution in [0.1, 0.15) is 6.42 Å². The van der Waals surface area contributed by atoms with Crippen molar-refractivity contribution in [2.24, 2.45) is 0 Å². The number of alkyl halides is 1. The van der Waals surface area contributed by atoms with Gasteiger partial charge in [-0.05, 0) is 20.0 Å². The minimum atomic E-state index is -3.20. The maximum atomic E-state index is 11.4. The summed E-state index contributed by atoms with van der Waals surface area (Å²) < 4.78 is 24.3. The number of likely N-dealkylation sites (N-methyl/N-ethyl adjacent to an activating group) is 1. The third kappa shape index (κ3) is 3.90. The van der Waals surface area contributed by atoms with Gasteiger partial charge in [0.05, 0.1) is 0 Å². The van der Waals surface area contributed by atoms with Crippen LogP contribution in [0, 0.1) is 0 Å². The van der Waals surface area contributed by atoms with Crippen LogP contribution in [0.5, 0.6) is 0 Å². The Morgan fingerprint density at radius 3 is 2.43 bits per heavy atom. The zero-order chi connectivity index (χ0) is 9.90. The van der Waals surface area contributed by atoms with Gasteiger partial charge in [0.1, 0.15) is 5.21 Å². The molecule has 0 atom stereocenters. The lowest BCUT2D eigenvalue weighted by molar-refractivity contribution is 0.347. The van der Waals surface area contributed by atoms with Gasteiger partial charge in [0.2, 0.25) is 10.0 Å². The van der Waals surface area contributed by atoms with E-state index in [1.807, 2.05) is 7.05 Å². The Hall–Kier alpha value is 0.450. The van der Waals surface area contributed by atoms with E-state index in [2.05, 4.69) is 4.90 Å². The van der Waals surface area contributed by atoms with Gasteiger partial charge in [0, 0.05) is 19.6 Å². The predicted octanol–water partition coefficient (Wildman–Crippen LogP) is 0.572. The van der Waals surface area contributed by atoms with Crippen LogP contribution < -0.4 is 0 Å². The van der Waals surface area contributed by atoms with Crippen LogP contribution in [0.2, 0.25) is 0 Å².